The number of carbonyl (C=O) groups excluding carboxylic acids is 1. The molecule has 8 heteroatoms. The zero-order chi connectivity index (χ0) is 19.3. The van der Waals surface area contributed by atoms with Crippen LogP contribution in [0.1, 0.15) is 26.3 Å². The molecule has 1 aromatic carbocycles. The van der Waals surface area contributed by atoms with Gasteiger partial charge in [0.2, 0.25) is 0 Å². The van der Waals surface area contributed by atoms with Gasteiger partial charge in [0.1, 0.15) is 17.1 Å². The van der Waals surface area contributed by atoms with E-state index in [4.69, 9.17) is 18.9 Å². The van der Waals surface area contributed by atoms with E-state index >= 15 is 0 Å². The van der Waals surface area contributed by atoms with Crippen LogP contribution < -0.4 is 14.8 Å². The summed E-state index contributed by atoms with van der Waals surface area (Å²) in [7, 11) is 3.20. The lowest BCUT2D eigenvalue weighted by atomic mass is 10.1. The lowest BCUT2D eigenvalue weighted by Crippen LogP contribution is -2.35. The molecule has 0 aliphatic carbocycles. The average molecular weight is 431 g/mol. The van der Waals surface area contributed by atoms with Crippen molar-refractivity contribution in [2.24, 2.45) is 0 Å². The van der Waals surface area contributed by atoms with Crippen LogP contribution in [0.4, 0.5) is 10.5 Å². The molecule has 7 nitrogen and oxygen atoms in total. The molecule has 0 unspecified atom stereocenters. The predicted octanol–water partition coefficient (Wildman–Crippen LogP) is 3.65. The van der Waals surface area contributed by atoms with E-state index in [1.54, 1.807) is 20.3 Å². The third-order valence-electron chi connectivity index (χ3n) is 3.83. The van der Waals surface area contributed by atoms with Crippen LogP contribution in [0.5, 0.6) is 11.5 Å². The van der Waals surface area contributed by atoms with E-state index in [0.717, 1.165) is 18.7 Å². The molecule has 0 radical (unpaired) electrons. The zero-order valence-electron chi connectivity index (χ0n) is 16.0. The van der Waals surface area contributed by atoms with Crippen molar-refractivity contribution in [3.8, 4) is 11.5 Å². The molecule has 26 heavy (non-hydrogen) atoms. The van der Waals surface area contributed by atoms with E-state index in [1.165, 1.54) is 0 Å². The van der Waals surface area contributed by atoms with Gasteiger partial charge in [-0.2, -0.15) is 0 Å². The summed E-state index contributed by atoms with van der Waals surface area (Å²) < 4.78 is 22.5. The summed E-state index contributed by atoms with van der Waals surface area (Å²) >= 11 is 3.53. The maximum atomic E-state index is 12.1. The van der Waals surface area contributed by atoms with Gasteiger partial charge in [-0.1, -0.05) is 0 Å². The summed E-state index contributed by atoms with van der Waals surface area (Å²) in [4.78, 5) is 14.4. The molecule has 0 bridgehead atoms. The molecule has 1 saturated heterocycles. The summed E-state index contributed by atoms with van der Waals surface area (Å²) in [5, 5.41) is 2.75. The van der Waals surface area contributed by atoms with Gasteiger partial charge in [0.15, 0.2) is 0 Å². The molecule has 1 N–H and O–H groups in total. The number of benzene rings is 1. The van der Waals surface area contributed by atoms with Crippen molar-refractivity contribution in [1.29, 1.82) is 0 Å². The second-order valence-electron chi connectivity index (χ2n) is 6.97. The standard InChI is InChI=1S/C18H27BrN2O5/c1-18(2,3)26-17(22)20-13-10-14(23-4)12(16(24-5)15(13)19)11-21-6-8-25-9-7-21/h10H,6-9,11H2,1-5H3,(H,20,22). The Morgan fingerprint density at radius 3 is 2.46 bits per heavy atom. The van der Waals surface area contributed by atoms with Crippen molar-refractivity contribution in [2.75, 3.05) is 45.8 Å². The first-order chi connectivity index (χ1) is 12.2. The molecule has 1 aliphatic rings. The lowest BCUT2D eigenvalue weighted by molar-refractivity contribution is 0.0335. The fraction of sp³-hybridized carbons (Fsp3) is 0.611. The van der Waals surface area contributed by atoms with E-state index in [1.807, 2.05) is 20.8 Å². The Balaban J connectivity index is 2.30. The number of methoxy groups -OCH3 is 2. The van der Waals surface area contributed by atoms with Crippen molar-refractivity contribution < 1.29 is 23.7 Å². The maximum Gasteiger partial charge on any atom is 0.412 e. The SMILES string of the molecule is COc1cc(NC(=O)OC(C)(C)C)c(Br)c(OC)c1CN1CCOCC1. The number of morpholine rings is 1. The van der Waals surface area contributed by atoms with Crippen LogP contribution in [0.3, 0.4) is 0 Å². The molecule has 0 aromatic heterocycles. The molecule has 2 rings (SSSR count). The largest absolute Gasteiger partial charge is 0.496 e. The highest BCUT2D eigenvalue weighted by atomic mass is 79.9. The Morgan fingerprint density at radius 2 is 1.92 bits per heavy atom. The fourth-order valence-electron chi connectivity index (χ4n) is 2.68. The summed E-state index contributed by atoms with van der Waals surface area (Å²) in [5.41, 5.74) is 0.860. The highest BCUT2D eigenvalue weighted by Gasteiger charge is 2.24. The highest BCUT2D eigenvalue weighted by Crippen LogP contribution is 2.42. The highest BCUT2D eigenvalue weighted by molar-refractivity contribution is 9.10. The monoisotopic (exact) mass is 430 g/mol. The van der Waals surface area contributed by atoms with Crippen LogP contribution in [-0.2, 0) is 16.0 Å². The molecule has 1 heterocycles. The number of hydrogen-bond acceptors (Lipinski definition) is 6. The minimum atomic E-state index is -0.582. The number of amides is 1. The van der Waals surface area contributed by atoms with Crippen LogP contribution in [0.25, 0.3) is 0 Å². The number of ether oxygens (including phenoxy) is 4. The first-order valence-corrected chi connectivity index (χ1v) is 9.28. The third kappa shape index (κ3) is 5.49. The molecule has 0 atom stereocenters. The summed E-state index contributed by atoms with van der Waals surface area (Å²) in [6.07, 6.45) is -0.539. The van der Waals surface area contributed by atoms with Crippen LogP contribution >= 0.6 is 15.9 Å². The maximum absolute atomic E-state index is 12.1. The van der Waals surface area contributed by atoms with Gasteiger partial charge in [0.05, 0.1) is 43.2 Å². The van der Waals surface area contributed by atoms with Gasteiger partial charge < -0.3 is 18.9 Å². The van der Waals surface area contributed by atoms with E-state index in [2.05, 4.69) is 26.1 Å². The van der Waals surface area contributed by atoms with Crippen molar-refractivity contribution in [3.63, 3.8) is 0 Å². The Morgan fingerprint density at radius 1 is 1.27 bits per heavy atom. The molecule has 0 spiro atoms. The number of rotatable bonds is 5. The van der Waals surface area contributed by atoms with Crippen LogP contribution in [0.2, 0.25) is 0 Å². The first kappa shape index (κ1) is 20.8. The van der Waals surface area contributed by atoms with Gasteiger partial charge >= 0.3 is 6.09 Å². The van der Waals surface area contributed by atoms with Gasteiger partial charge in [-0.15, -0.1) is 0 Å². The van der Waals surface area contributed by atoms with Gasteiger partial charge in [0, 0.05) is 25.7 Å². The van der Waals surface area contributed by atoms with Crippen molar-refractivity contribution in [1.82, 2.24) is 4.90 Å². The van der Waals surface area contributed by atoms with Gasteiger partial charge in [-0.05, 0) is 36.7 Å². The number of nitrogens with zero attached hydrogens (tertiary/aromatic N) is 1. The van der Waals surface area contributed by atoms with Crippen LogP contribution in [0, 0.1) is 0 Å². The molecule has 1 aliphatic heterocycles. The summed E-state index contributed by atoms with van der Waals surface area (Å²) in [6, 6.07) is 1.77. The molecular formula is C18H27BrN2O5. The van der Waals surface area contributed by atoms with Gasteiger partial charge in [0.25, 0.3) is 0 Å². The first-order valence-electron chi connectivity index (χ1n) is 8.48. The van der Waals surface area contributed by atoms with Crippen molar-refractivity contribution in [2.45, 2.75) is 32.9 Å². The zero-order valence-corrected chi connectivity index (χ0v) is 17.6. The van der Waals surface area contributed by atoms with Crippen molar-refractivity contribution >= 4 is 27.7 Å². The minimum Gasteiger partial charge on any atom is -0.496 e. The van der Waals surface area contributed by atoms with E-state index in [9.17, 15) is 4.79 Å². The Kier molecular flexibility index (Phi) is 7.14. The average Bonchev–Trinajstić information content (AvgIpc) is 2.57. The van der Waals surface area contributed by atoms with Gasteiger partial charge in [-0.25, -0.2) is 4.79 Å². The lowest BCUT2D eigenvalue weighted by Gasteiger charge is -2.28. The molecule has 1 aromatic rings. The normalized spacial score (nSPS) is 15.5. The second kappa shape index (κ2) is 8.92. The van der Waals surface area contributed by atoms with E-state index < -0.39 is 11.7 Å². The molecular weight excluding hydrogens is 404 g/mol. The second-order valence-corrected chi connectivity index (χ2v) is 7.76. The van der Waals surface area contributed by atoms with E-state index in [-0.39, 0.29) is 0 Å². The molecule has 1 fully saturated rings. The number of nitrogens with one attached hydrogen (secondary N) is 1. The van der Waals surface area contributed by atoms with E-state index in [0.29, 0.717) is 41.4 Å². The minimum absolute atomic E-state index is 0.527. The Bertz CT molecular complexity index is 639. The Labute approximate surface area is 163 Å². The summed E-state index contributed by atoms with van der Waals surface area (Å²) in [6.45, 7) is 9.23. The summed E-state index contributed by atoms with van der Waals surface area (Å²) in [5.74, 6) is 1.27. The number of carbonyl (C=O) groups is 1. The molecule has 1 amide bonds. The number of hydrogen-bond donors (Lipinski definition) is 1. The molecule has 0 saturated carbocycles. The van der Waals surface area contributed by atoms with Crippen molar-refractivity contribution in [3.05, 3.63) is 16.1 Å². The Hall–Kier alpha value is -1.51. The van der Waals surface area contributed by atoms with Gasteiger partial charge in [-0.3, -0.25) is 10.2 Å². The van der Waals surface area contributed by atoms with Crippen LogP contribution in [0.15, 0.2) is 10.5 Å². The number of anilines is 1. The van der Waals surface area contributed by atoms with Crippen LogP contribution in [-0.4, -0.2) is 57.1 Å². The third-order valence-corrected chi connectivity index (χ3v) is 4.62. The quantitative estimate of drug-likeness (QED) is 0.768. The fourth-order valence-corrected chi connectivity index (χ4v) is 3.30. The number of halogens is 1. The predicted molar refractivity (Wildman–Crippen MR) is 103 cm³/mol. The topological polar surface area (TPSA) is 69.3 Å². The molecule has 146 valence electrons. The smallest absolute Gasteiger partial charge is 0.412 e.